The monoisotopic (exact) mass is 286 g/mol. The maximum Gasteiger partial charge on any atom is 0.230 e. The normalized spacial score (nSPS) is 27.4. The van der Waals surface area contributed by atoms with Crippen molar-refractivity contribution in [2.75, 3.05) is 26.2 Å². The van der Waals surface area contributed by atoms with Crippen LogP contribution in [0.1, 0.15) is 31.7 Å². The number of hydrogen-bond acceptors (Lipinski definition) is 2. The van der Waals surface area contributed by atoms with Crippen molar-refractivity contribution < 1.29 is 4.79 Å². The number of hydrogen-bond donors (Lipinski definition) is 1. The highest BCUT2D eigenvalue weighted by atomic mass is 16.2. The molecular formula is C18H26N2O. The lowest BCUT2D eigenvalue weighted by molar-refractivity contribution is -0.133. The van der Waals surface area contributed by atoms with Crippen molar-refractivity contribution in [1.82, 2.24) is 10.2 Å². The lowest BCUT2D eigenvalue weighted by Crippen LogP contribution is -2.37. The SMILES string of the molecule is CCC(C)C(C(=O)N1C[C@H]2CNC[C@H]2C1)c1ccccc1. The molecule has 2 fully saturated rings. The highest BCUT2D eigenvalue weighted by molar-refractivity contribution is 5.84. The van der Waals surface area contributed by atoms with Gasteiger partial charge in [-0.25, -0.2) is 0 Å². The molecule has 0 aromatic heterocycles. The van der Waals surface area contributed by atoms with E-state index in [1.54, 1.807) is 0 Å². The fraction of sp³-hybridized carbons (Fsp3) is 0.611. The highest BCUT2D eigenvalue weighted by Crippen LogP contribution is 2.33. The molecule has 4 atom stereocenters. The molecule has 0 radical (unpaired) electrons. The standard InChI is InChI=1S/C18H26N2O/c1-3-13(2)17(14-7-5-4-6-8-14)18(21)20-11-15-9-19-10-16(15)12-20/h4-8,13,15-17,19H,3,9-12H2,1-2H3/t13?,15-,16+,17?. The van der Waals surface area contributed by atoms with Gasteiger partial charge in [-0.3, -0.25) is 4.79 Å². The number of nitrogens with zero attached hydrogens (tertiary/aromatic N) is 1. The molecule has 1 amide bonds. The Bertz CT molecular complexity index is 475. The Labute approximate surface area is 127 Å². The van der Waals surface area contributed by atoms with E-state index in [1.807, 2.05) is 18.2 Å². The zero-order chi connectivity index (χ0) is 14.8. The predicted molar refractivity (Wildman–Crippen MR) is 85.1 cm³/mol. The fourth-order valence-electron chi connectivity index (χ4n) is 3.84. The smallest absolute Gasteiger partial charge is 0.230 e. The fourth-order valence-corrected chi connectivity index (χ4v) is 3.84. The van der Waals surface area contributed by atoms with Gasteiger partial charge in [0.05, 0.1) is 5.92 Å². The maximum absolute atomic E-state index is 13.1. The number of fused-ring (bicyclic) bond motifs is 1. The van der Waals surface area contributed by atoms with E-state index in [0.29, 0.717) is 23.7 Å². The van der Waals surface area contributed by atoms with Gasteiger partial charge in [-0.05, 0) is 23.3 Å². The lowest BCUT2D eigenvalue weighted by Gasteiger charge is -2.28. The third kappa shape index (κ3) is 2.84. The van der Waals surface area contributed by atoms with Crippen LogP contribution in [0.4, 0.5) is 0 Å². The summed E-state index contributed by atoms with van der Waals surface area (Å²) in [5.41, 5.74) is 1.17. The van der Waals surface area contributed by atoms with Gasteiger partial charge in [-0.2, -0.15) is 0 Å². The highest BCUT2D eigenvalue weighted by Gasteiger charge is 2.40. The van der Waals surface area contributed by atoms with Crippen LogP contribution < -0.4 is 5.32 Å². The van der Waals surface area contributed by atoms with Gasteiger partial charge in [0.1, 0.15) is 0 Å². The Morgan fingerprint density at radius 3 is 2.43 bits per heavy atom. The number of likely N-dealkylation sites (tertiary alicyclic amines) is 1. The first-order chi connectivity index (χ1) is 10.2. The topological polar surface area (TPSA) is 32.3 Å². The molecule has 1 aromatic rings. The first kappa shape index (κ1) is 14.6. The van der Waals surface area contributed by atoms with Crippen LogP contribution in [0, 0.1) is 17.8 Å². The summed E-state index contributed by atoms with van der Waals surface area (Å²) >= 11 is 0. The van der Waals surface area contributed by atoms with Crippen LogP contribution >= 0.6 is 0 Å². The van der Waals surface area contributed by atoms with Crippen LogP contribution in [-0.2, 0) is 4.79 Å². The molecule has 3 heteroatoms. The Morgan fingerprint density at radius 2 is 1.86 bits per heavy atom. The van der Waals surface area contributed by atoms with Crippen molar-refractivity contribution in [3.8, 4) is 0 Å². The van der Waals surface area contributed by atoms with Gasteiger partial charge < -0.3 is 10.2 Å². The Morgan fingerprint density at radius 1 is 1.24 bits per heavy atom. The van der Waals surface area contributed by atoms with Crippen molar-refractivity contribution in [3.63, 3.8) is 0 Å². The van der Waals surface area contributed by atoms with Gasteiger partial charge in [0, 0.05) is 26.2 Å². The zero-order valence-corrected chi connectivity index (χ0v) is 13.1. The molecular weight excluding hydrogens is 260 g/mol. The first-order valence-corrected chi connectivity index (χ1v) is 8.25. The van der Waals surface area contributed by atoms with Crippen LogP contribution in [0.5, 0.6) is 0 Å². The minimum atomic E-state index is 0.0167. The molecule has 2 unspecified atom stereocenters. The van der Waals surface area contributed by atoms with Crippen LogP contribution in [-0.4, -0.2) is 37.0 Å². The molecule has 2 heterocycles. The van der Waals surface area contributed by atoms with E-state index < -0.39 is 0 Å². The van der Waals surface area contributed by atoms with Gasteiger partial charge in [-0.1, -0.05) is 50.6 Å². The second-order valence-electron chi connectivity index (χ2n) is 6.70. The summed E-state index contributed by atoms with van der Waals surface area (Å²) in [5.74, 6) is 2.08. The number of nitrogens with one attached hydrogen (secondary N) is 1. The van der Waals surface area contributed by atoms with Crippen molar-refractivity contribution in [1.29, 1.82) is 0 Å². The summed E-state index contributed by atoms with van der Waals surface area (Å²) in [6, 6.07) is 10.3. The summed E-state index contributed by atoms with van der Waals surface area (Å²) in [6.45, 7) is 8.42. The molecule has 1 aromatic carbocycles. The van der Waals surface area contributed by atoms with Crippen LogP contribution in [0.2, 0.25) is 0 Å². The Kier molecular flexibility index (Phi) is 4.29. The number of carbonyl (C=O) groups excluding carboxylic acids is 1. The molecule has 0 saturated carbocycles. The molecule has 0 bridgehead atoms. The molecule has 2 aliphatic heterocycles. The van der Waals surface area contributed by atoms with Crippen LogP contribution in [0.15, 0.2) is 30.3 Å². The molecule has 2 aliphatic rings. The summed E-state index contributed by atoms with van der Waals surface area (Å²) in [7, 11) is 0. The molecule has 3 nitrogen and oxygen atoms in total. The van der Waals surface area contributed by atoms with Crippen molar-refractivity contribution in [3.05, 3.63) is 35.9 Å². The second kappa shape index (κ2) is 6.18. The number of carbonyl (C=O) groups is 1. The maximum atomic E-state index is 13.1. The molecule has 114 valence electrons. The van der Waals surface area contributed by atoms with E-state index in [1.165, 1.54) is 5.56 Å². The summed E-state index contributed by atoms with van der Waals surface area (Å²) < 4.78 is 0. The lowest BCUT2D eigenvalue weighted by atomic mass is 9.84. The second-order valence-corrected chi connectivity index (χ2v) is 6.70. The molecule has 0 spiro atoms. The quantitative estimate of drug-likeness (QED) is 0.922. The number of rotatable bonds is 4. The summed E-state index contributed by atoms with van der Waals surface area (Å²) in [5, 5.41) is 3.44. The average molecular weight is 286 g/mol. The Hall–Kier alpha value is -1.35. The van der Waals surface area contributed by atoms with Gasteiger partial charge in [0.2, 0.25) is 5.91 Å². The number of benzene rings is 1. The van der Waals surface area contributed by atoms with E-state index in [2.05, 4.69) is 36.2 Å². The van der Waals surface area contributed by atoms with E-state index >= 15 is 0 Å². The van der Waals surface area contributed by atoms with Crippen LogP contribution in [0.25, 0.3) is 0 Å². The van der Waals surface area contributed by atoms with Crippen molar-refractivity contribution in [2.24, 2.45) is 17.8 Å². The minimum absolute atomic E-state index is 0.0167. The third-order valence-corrected chi connectivity index (χ3v) is 5.34. The van der Waals surface area contributed by atoms with E-state index in [0.717, 1.165) is 32.6 Å². The summed E-state index contributed by atoms with van der Waals surface area (Å²) in [4.78, 5) is 15.2. The van der Waals surface area contributed by atoms with Gasteiger partial charge in [0.25, 0.3) is 0 Å². The average Bonchev–Trinajstić information content (AvgIpc) is 3.09. The summed E-state index contributed by atoms with van der Waals surface area (Å²) in [6.07, 6.45) is 1.04. The molecule has 2 saturated heterocycles. The van der Waals surface area contributed by atoms with Gasteiger partial charge in [0.15, 0.2) is 0 Å². The van der Waals surface area contributed by atoms with E-state index in [-0.39, 0.29) is 5.92 Å². The largest absolute Gasteiger partial charge is 0.341 e. The first-order valence-electron chi connectivity index (χ1n) is 8.25. The molecule has 0 aliphatic carbocycles. The van der Waals surface area contributed by atoms with E-state index in [4.69, 9.17) is 0 Å². The zero-order valence-electron chi connectivity index (χ0n) is 13.1. The Balaban J connectivity index is 1.79. The molecule has 1 N–H and O–H groups in total. The number of amides is 1. The predicted octanol–water partition coefficient (Wildman–Crippen LogP) is 2.49. The van der Waals surface area contributed by atoms with Crippen molar-refractivity contribution in [2.45, 2.75) is 26.2 Å². The molecule has 21 heavy (non-hydrogen) atoms. The third-order valence-electron chi connectivity index (χ3n) is 5.34. The minimum Gasteiger partial charge on any atom is -0.341 e. The van der Waals surface area contributed by atoms with Gasteiger partial charge >= 0.3 is 0 Å². The molecule has 3 rings (SSSR count). The van der Waals surface area contributed by atoms with Crippen molar-refractivity contribution >= 4 is 5.91 Å². The van der Waals surface area contributed by atoms with Gasteiger partial charge in [-0.15, -0.1) is 0 Å². The van der Waals surface area contributed by atoms with Crippen LogP contribution in [0.3, 0.4) is 0 Å². The van der Waals surface area contributed by atoms with E-state index in [9.17, 15) is 4.79 Å².